The summed E-state index contributed by atoms with van der Waals surface area (Å²) in [6, 6.07) is -0.0507. The predicted octanol–water partition coefficient (Wildman–Crippen LogP) is 1.45. The molecule has 2 amide bonds. The Labute approximate surface area is 114 Å². The zero-order valence-electron chi connectivity index (χ0n) is 11.6. The molecule has 0 spiro atoms. The van der Waals surface area contributed by atoms with Gasteiger partial charge in [0.25, 0.3) is 0 Å². The lowest BCUT2D eigenvalue weighted by atomic mass is 10.1. The third-order valence-corrected chi connectivity index (χ3v) is 3.23. The molecule has 0 unspecified atom stereocenters. The van der Waals surface area contributed by atoms with E-state index in [1.54, 1.807) is 4.90 Å². The number of nitrogens with one attached hydrogen (secondary N) is 1. The van der Waals surface area contributed by atoms with Crippen molar-refractivity contribution in [1.29, 1.82) is 0 Å². The highest BCUT2D eigenvalue weighted by Crippen LogP contribution is 2.13. The number of nitrogens with zero attached hydrogens (tertiary/aromatic N) is 1. The summed E-state index contributed by atoms with van der Waals surface area (Å²) >= 11 is 0. The van der Waals surface area contributed by atoms with Gasteiger partial charge in [0.2, 0.25) is 0 Å². The van der Waals surface area contributed by atoms with Crippen LogP contribution in [0, 0.1) is 0 Å². The Morgan fingerprint density at radius 3 is 2.58 bits per heavy atom. The van der Waals surface area contributed by atoms with E-state index in [0.29, 0.717) is 19.4 Å². The van der Waals surface area contributed by atoms with E-state index in [4.69, 9.17) is 9.84 Å². The quantitative estimate of drug-likeness (QED) is 0.688. The zero-order valence-corrected chi connectivity index (χ0v) is 11.6. The number of piperidine rings is 1. The number of carbonyl (C=O) groups is 2. The number of aliphatic carboxylic acids is 1. The highest BCUT2D eigenvalue weighted by molar-refractivity contribution is 5.74. The molecule has 1 aliphatic heterocycles. The van der Waals surface area contributed by atoms with Crippen LogP contribution in [-0.4, -0.2) is 54.4 Å². The molecule has 110 valence electrons. The first-order valence-electron chi connectivity index (χ1n) is 6.99. The zero-order chi connectivity index (χ0) is 14.1. The Bertz CT molecular complexity index is 288. The van der Waals surface area contributed by atoms with Crippen molar-refractivity contribution in [2.75, 3.05) is 26.2 Å². The number of carboxylic acids is 1. The minimum atomic E-state index is -0.788. The second-order valence-electron chi connectivity index (χ2n) is 4.72. The standard InChI is InChI=1S/C13H24N2O4/c1-2-19-11-6-9-15(10-7-11)13(18)14-8-4-3-5-12(16)17/h11H,2-10H2,1H3,(H,14,18)(H,16,17). The first-order chi connectivity index (χ1) is 9.13. The van der Waals surface area contributed by atoms with E-state index in [2.05, 4.69) is 5.32 Å². The van der Waals surface area contributed by atoms with Crippen molar-refractivity contribution in [3.63, 3.8) is 0 Å². The molecule has 1 saturated heterocycles. The molecule has 0 aromatic rings. The van der Waals surface area contributed by atoms with Crippen molar-refractivity contribution in [3.05, 3.63) is 0 Å². The Morgan fingerprint density at radius 2 is 2.00 bits per heavy atom. The van der Waals surface area contributed by atoms with Crippen LogP contribution in [-0.2, 0) is 9.53 Å². The summed E-state index contributed by atoms with van der Waals surface area (Å²) in [5.41, 5.74) is 0. The van der Waals surface area contributed by atoms with E-state index in [1.807, 2.05) is 6.92 Å². The summed E-state index contributed by atoms with van der Waals surface area (Å²) in [5.74, 6) is -0.788. The van der Waals surface area contributed by atoms with Gasteiger partial charge in [-0.05, 0) is 32.6 Å². The van der Waals surface area contributed by atoms with Gasteiger partial charge in [-0.3, -0.25) is 4.79 Å². The fourth-order valence-electron chi connectivity index (χ4n) is 2.17. The molecule has 6 nitrogen and oxygen atoms in total. The maximum absolute atomic E-state index is 11.8. The molecule has 0 aromatic carbocycles. The molecular formula is C13H24N2O4. The van der Waals surface area contributed by atoms with Gasteiger partial charge < -0.3 is 20.1 Å². The Balaban J connectivity index is 2.09. The molecular weight excluding hydrogens is 248 g/mol. The van der Waals surface area contributed by atoms with Gasteiger partial charge in [-0.15, -0.1) is 0 Å². The number of unbranched alkanes of at least 4 members (excludes halogenated alkanes) is 1. The molecule has 0 aromatic heterocycles. The van der Waals surface area contributed by atoms with Crippen LogP contribution in [0.1, 0.15) is 39.0 Å². The summed E-state index contributed by atoms with van der Waals surface area (Å²) in [4.78, 5) is 23.9. The number of amides is 2. The Kier molecular flexibility index (Phi) is 7.25. The highest BCUT2D eigenvalue weighted by atomic mass is 16.5. The third kappa shape index (κ3) is 6.42. The molecule has 0 bridgehead atoms. The monoisotopic (exact) mass is 272 g/mol. The van der Waals surface area contributed by atoms with E-state index in [9.17, 15) is 9.59 Å². The van der Waals surface area contributed by atoms with Crippen LogP contribution in [0.25, 0.3) is 0 Å². The number of likely N-dealkylation sites (tertiary alicyclic amines) is 1. The molecule has 0 atom stereocenters. The van der Waals surface area contributed by atoms with Crippen molar-refractivity contribution in [2.45, 2.75) is 45.1 Å². The number of hydrogen-bond donors (Lipinski definition) is 2. The maximum Gasteiger partial charge on any atom is 0.317 e. The Hall–Kier alpha value is -1.30. The number of carboxylic acid groups (broad SMARTS) is 1. The lowest BCUT2D eigenvalue weighted by Crippen LogP contribution is -2.46. The van der Waals surface area contributed by atoms with Gasteiger partial charge in [-0.25, -0.2) is 4.79 Å². The molecule has 0 saturated carbocycles. The van der Waals surface area contributed by atoms with E-state index < -0.39 is 5.97 Å². The van der Waals surface area contributed by atoms with Gasteiger partial charge in [0, 0.05) is 32.7 Å². The van der Waals surface area contributed by atoms with Crippen molar-refractivity contribution >= 4 is 12.0 Å². The summed E-state index contributed by atoms with van der Waals surface area (Å²) in [5, 5.41) is 11.3. The fourth-order valence-corrected chi connectivity index (χ4v) is 2.17. The molecule has 1 rings (SSSR count). The van der Waals surface area contributed by atoms with E-state index in [1.165, 1.54) is 0 Å². The van der Waals surface area contributed by atoms with E-state index in [0.717, 1.165) is 32.5 Å². The third-order valence-electron chi connectivity index (χ3n) is 3.23. The van der Waals surface area contributed by atoms with Crippen molar-refractivity contribution < 1.29 is 19.4 Å². The van der Waals surface area contributed by atoms with Crippen LogP contribution in [0.5, 0.6) is 0 Å². The Morgan fingerprint density at radius 1 is 1.32 bits per heavy atom. The molecule has 1 fully saturated rings. The first-order valence-corrected chi connectivity index (χ1v) is 6.99. The van der Waals surface area contributed by atoms with Crippen LogP contribution < -0.4 is 5.32 Å². The minimum Gasteiger partial charge on any atom is -0.481 e. The van der Waals surface area contributed by atoms with Crippen molar-refractivity contribution in [3.8, 4) is 0 Å². The fraction of sp³-hybridized carbons (Fsp3) is 0.846. The number of rotatable bonds is 7. The number of urea groups is 1. The molecule has 6 heteroatoms. The van der Waals surface area contributed by atoms with E-state index in [-0.39, 0.29) is 18.6 Å². The SMILES string of the molecule is CCOC1CCN(C(=O)NCCCCC(=O)O)CC1. The highest BCUT2D eigenvalue weighted by Gasteiger charge is 2.22. The van der Waals surface area contributed by atoms with Crippen LogP contribution in [0.4, 0.5) is 4.79 Å². The minimum absolute atomic E-state index is 0.0507. The van der Waals surface area contributed by atoms with Crippen LogP contribution in [0.15, 0.2) is 0 Å². The molecule has 1 aliphatic rings. The first kappa shape index (κ1) is 15.8. The lowest BCUT2D eigenvalue weighted by molar-refractivity contribution is -0.137. The summed E-state index contributed by atoms with van der Waals surface area (Å²) in [6.45, 7) is 4.70. The molecule has 1 heterocycles. The summed E-state index contributed by atoms with van der Waals surface area (Å²) < 4.78 is 5.53. The lowest BCUT2D eigenvalue weighted by Gasteiger charge is -2.31. The van der Waals surface area contributed by atoms with Gasteiger partial charge in [-0.1, -0.05) is 0 Å². The van der Waals surface area contributed by atoms with Gasteiger partial charge in [-0.2, -0.15) is 0 Å². The van der Waals surface area contributed by atoms with Crippen LogP contribution in [0.3, 0.4) is 0 Å². The maximum atomic E-state index is 11.8. The number of hydrogen-bond acceptors (Lipinski definition) is 3. The summed E-state index contributed by atoms with van der Waals surface area (Å²) in [6.07, 6.45) is 3.52. The smallest absolute Gasteiger partial charge is 0.317 e. The molecule has 0 radical (unpaired) electrons. The number of ether oxygens (including phenoxy) is 1. The van der Waals surface area contributed by atoms with Gasteiger partial charge in [0.05, 0.1) is 6.10 Å². The average Bonchev–Trinajstić information content (AvgIpc) is 2.39. The van der Waals surface area contributed by atoms with Gasteiger partial charge in [0.1, 0.15) is 0 Å². The van der Waals surface area contributed by atoms with E-state index >= 15 is 0 Å². The summed E-state index contributed by atoms with van der Waals surface area (Å²) in [7, 11) is 0. The number of carbonyl (C=O) groups excluding carboxylic acids is 1. The molecule has 2 N–H and O–H groups in total. The average molecular weight is 272 g/mol. The second kappa shape index (κ2) is 8.74. The topological polar surface area (TPSA) is 78.9 Å². The predicted molar refractivity (Wildman–Crippen MR) is 71.1 cm³/mol. The van der Waals surface area contributed by atoms with Crippen LogP contribution >= 0.6 is 0 Å². The van der Waals surface area contributed by atoms with Crippen molar-refractivity contribution in [1.82, 2.24) is 10.2 Å². The molecule has 19 heavy (non-hydrogen) atoms. The van der Waals surface area contributed by atoms with Gasteiger partial charge in [0.15, 0.2) is 0 Å². The van der Waals surface area contributed by atoms with Crippen LogP contribution in [0.2, 0.25) is 0 Å². The van der Waals surface area contributed by atoms with Gasteiger partial charge >= 0.3 is 12.0 Å². The van der Waals surface area contributed by atoms with Crippen molar-refractivity contribution in [2.24, 2.45) is 0 Å². The largest absolute Gasteiger partial charge is 0.481 e. The second-order valence-corrected chi connectivity index (χ2v) is 4.72. The normalized spacial score (nSPS) is 16.4. The molecule has 0 aliphatic carbocycles.